The molecule has 0 saturated carbocycles. The molecular formula is C15H23N3O2S. The first-order valence-electron chi connectivity index (χ1n) is 7.66. The molecule has 1 aliphatic rings. The van der Waals surface area contributed by atoms with Gasteiger partial charge in [-0.25, -0.2) is 4.98 Å². The molecule has 0 aliphatic carbocycles. The second-order valence-electron chi connectivity index (χ2n) is 5.14. The van der Waals surface area contributed by atoms with Gasteiger partial charge in [-0.3, -0.25) is 9.59 Å². The van der Waals surface area contributed by atoms with Gasteiger partial charge in [0.05, 0.1) is 11.2 Å². The Morgan fingerprint density at radius 1 is 1.38 bits per heavy atom. The van der Waals surface area contributed by atoms with E-state index in [1.54, 1.807) is 16.0 Å². The van der Waals surface area contributed by atoms with E-state index in [1.807, 2.05) is 20.8 Å². The summed E-state index contributed by atoms with van der Waals surface area (Å²) in [6.07, 6.45) is 4.13. The summed E-state index contributed by atoms with van der Waals surface area (Å²) < 4.78 is 0. The van der Waals surface area contributed by atoms with Crippen LogP contribution >= 0.6 is 11.3 Å². The largest absolute Gasteiger partial charge is 0.341 e. The van der Waals surface area contributed by atoms with Gasteiger partial charge in [-0.2, -0.15) is 0 Å². The van der Waals surface area contributed by atoms with Crippen molar-refractivity contribution in [2.24, 2.45) is 0 Å². The van der Waals surface area contributed by atoms with Gasteiger partial charge < -0.3 is 9.80 Å². The Kier molecular flexibility index (Phi) is 5.33. The van der Waals surface area contributed by atoms with E-state index < -0.39 is 0 Å². The standard InChI is InChI=1S/C15H23N3O2S/c1-4-13-16-10-12(21-13)15(20)18-9-7-8-11(18)14(19)17(5-2)6-3/h10-11H,4-9H2,1-3H3. The van der Waals surface area contributed by atoms with Crippen molar-refractivity contribution in [1.29, 1.82) is 0 Å². The fraction of sp³-hybridized carbons (Fsp3) is 0.667. The minimum Gasteiger partial charge on any atom is -0.341 e. The van der Waals surface area contributed by atoms with Gasteiger partial charge in [0.2, 0.25) is 5.91 Å². The van der Waals surface area contributed by atoms with Gasteiger partial charge in [0, 0.05) is 19.6 Å². The molecule has 0 N–H and O–H groups in total. The number of rotatable bonds is 5. The quantitative estimate of drug-likeness (QED) is 0.837. The molecule has 2 rings (SSSR count). The minimum absolute atomic E-state index is 0.0461. The molecule has 0 aromatic carbocycles. The van der Waals surface area contributed by atoms with Crippen molar-refractivity contribution in [2.45, 2.75) is 46.1 Å². The van der Waals surface area contributed by atoms with Gasteiger partial charge in [-0.05, 0) is 33.1 Å². The van der Waals surface area contributed by atoms with Crippen LogP contribution in [0.15, 0.2) is 6.20 Å². The summed E-state index contributed by atoms with van der Waals surface area (Å²) in [6, 6.07) is -0.301. The van der Waals surface area contributed by atoms with Crippen molar-refractivity contribution in [3.05, 3.63) is 16.1 Å². The summed E-state index contributed by atoms with van der Waals surface area (Å²) in [5.74, 6) is 0.0290. The van der Waals surface area contributed by atoms with E-state index in [0.717, 1.165) is 24.3 Å². The zero-order valence-corrected chi connectivity index (χ0v) is 13.8. The highest BCUT2D eigenvalue weighted by Crippen LogP contribution is 2.24. The lowest BCUT2D eigenvalue weighted by Gasteiger charge is -2.28. The molecule has 0 radical (unpaired) electrons. The highest BCUT2D eigenvalue weighted by Gasteiger charge is 2.36. The number of carbonyl (C=O) groups is 2. The molecule has 1 fully saturated rings. The topological polar surface area (TPSA) is 53.5 Å². The van der Waals surface area contributed by atoms with Crippen LogP contribution in [-0.4, -0.2) is 52.3 Å². The number of amides is 2. The van der Waals surface area contributed by atoms with Crippen LogP contribution in [0.25, 0.3) is 0 Å². The minimum atomic E-state index is -0.301. The van der Waals surface area contributed by atoms with Crippen LogP contribution in [0.2, 0.25) is 0 Å². The van der Waals surface area contributed by atoms with E-state index in [2.05, 4.69) is 4.98 Å². The lowest BCUT2D eigenvalue weighted by Crippen LogP contribution is -2.47. The van der Waals surface area contributed by atoms with Crippen molar-refractivity contribution in [2.75, 3.05) is 19.6 Å². The molecule has 1 saturated heterocycles. The third-order valence-electron chi connectivity index (χ3n) is 3.94. The maximum Gasteiger partial charge on any atom is 0.266 e. The van der Waals surface area contributed by atoms with Crippen LogP contribution in [0, 0.1) is 0 Å². The summed E-state index contributed by atoms with van der Waals surface area (Å²) in [5.41, 5.74) is 0. The van der Waals surface area contributed by atoms with Gasteiger partial charge in [0.25, 0.3) is 5.91 Å². The van der Waals surface area contributed by atoms with Crippen LogP contribution in [0.5, 0.6) is 0 Å². The van der Waals surface area contributed by atoms with Crippen molar-refractivity contribution >= 4 is 23.2 Å². The molecule has 2 amide bonds. The number of likely N-dealkylation sites (N-methyl/N-ethyl adjacent to an activating group) is 1. The number of hydrogen-bond donors (Lipinski definition) is 0. The molecule has 2 heterocycles. The number of carbonyl (C=O) groups excluding carboxylic acids is 2. The fourth-order valence-corrected chi connectivity index (χ4v) is 3.54. The Balaban J connectivity index is 2.14. The van der Waals surface area contributed by atoms with Crippen LogP contribution < -0.4 is 0 Å². The zero-order chi connectivity index (χ0) is 15.4. The van der Waals surface area contributed by atoms with E-state index in [9.17, 15) is 9.59 Å². The maximum absolute atomic E-state index is 12.6. The van der Waals surface area contributed by atoms with Crippen molar-refractivity contribution in [3.63, 3.8) is 0 Å². The van der Waals surface area contributed by atoms with E-state index >= 15 is 0 Å². The van der Waals surface area contributed by atoms with Gasteiger partial charge >= 0.3 is 0 Å². The molecule has 0 spiro atoms. The van der Waals surface area contributed by atoms with Gasteiger partial charge in [0.15, 0.2) is 0 Å². The predicted octanol–water partition coefficient (Wildman–Crippen LogP) is 2.18. The first kappa shape index (κ1) is 15.9. The summed E-state index contributed by atoms with van der Waals surface area (Å²) in [6.45, 7) is 8.01. The van der Waals surface area contributed by atoms with E-state index in [1.165, 1.54) is 11.3 Å². The average molecular weight is 309 g/mol. The second kappa shape index (κ2) is 7.02. The lowest BCUT2D eigenvalue weighted by atomic mass is 10.2. The van der Waals surface area contributed by atoms with E-state index in [-0.39, 0.29) is 17.9 Å². The smallest absolute Gasteiger partial charge is 0.266 e. The molecule has 1 aromatic rings. The number of nitrogens with zero attached hydrogens (tertiary/aromatic N) is 3. The first-order valence-corrected chi connectivity index (χ1v) is 8.48. The molecule has 5 nitrogen and oxygen atoms in total. The summed E-state index contributed by atoms with van der Waals surface area (Å²) in [4.78, 5) is 33.6. The van der Waals surface area contributed by atoms with Gasteiger partial charge in [0.1, 0.15) is 10.9 Å². The molecule has 21 heavy (non-hydrogen) atoms. The summed E-state index contributed by atoms with van der Waals surface area (Å²) in [7, 11) is 0. The second-order valence-corrected chi connectivity index (χ2v) is 6.25. The summed E-state index contributed by atoms with van der Waals surface area (Å²) >= 11 is 1.43. The Morgan fingerprint density at radius 2 is 2.10 bits per heavy atom. The molecular weight excluding hydrogens is 286 g/mol. The molecule has 1 unspecified atom stereocenters. The fourth-order valence-electron chi connectivity index (χ4n) is 2.73. The Bertz CT molecular complexity index is 511. The van der Waals surface area contributed by atoms with Gasteiger partial charge in [-0.15, -0.1) is 11.3 Å². The Morgan fingerprint density at radius 3 is 2.67 bits per heavy atom. The number of aromatic nitrogens is 1. The summed E-state index contributed by atoms with van der Waals surface area (Å²) in [5, 5.41) is 0.962. The monoisotopic (exact) mass is 309 g/mol. The molecule has 1 aromatic heterocycles. The van der Waals surface area contributed by atoms with Crippen LogP contribution in [0.3, 0.4) is 0 Å². The van der Waals surface area contributed by atoms with Crippen molar-refractivity contribution < 1.29 is 9.59 Å². The number of likely N-dealkylation sites (tertiary alicyclic amines) is 1. The van der Waals surface area contributed by atoms with Crippen molar-refractivity contribution in [1.82, 2.24) is 14.8 Å². The predicted molar refractivity (Wildman–Crippen MR) is 83.5 cm³/mol. The van der Waals surface area contributed by atoms with Crippen molar-refractivity contribution in [3.8, 4) is 0 Å². The number of hydrogen-bond acceptors (Lipinski definition) is 4. The lowest BCUT2D eigenvalue weighted by molar-refractivity contribution is -0.134. The maximum atomic E-state index is 12.6. The molecule has 116 valence electrons. The van der Waals surface area contributed by atoms with Crippen LogP contribution in [0.4, 0.5) is 0 Å². The Labute approximate surface area is 130 Å². The highest BCUT2D eigenvalue weighted by atomic mass is 32.1. The Hall–Kier alpha value is -1.43. The van der Waals surface area contributed by atoms with Gasteiger partial charge in [-0.1, -0.05) is 6.92 Å². The zero-order valence-electron chi connectivity index (χ0n) is 13.0. The highest BCUT2D eigenvalue weighted by molar-refractivity contribution is 7.13. The number of aryl methyl sites for hydroxylation is 1. The third kappa shape index (κ3) is 3.26. The van der Waals surface area contributed by atoms with E-state index in [0.29, 0.717) is 24.5 Å². The van der Waals surface area contributed by atoms with Crippen LogP contribution in [0.1, 0.15) is 48.3 Å². The number of thiazole rings is 1. The van der Waals surface area contributed by atoms with E-state index in [4.69, 9.17) is 0 Å². The third-order valence-corrected chi connectivity index (χ3v) is 5.07. The average Bonchev–Trinajstić information content (AvgIpc) is 3.16. The molecule has 6 heteroatoms. The normalized spacial score (nSPS) is 18.0. The molecule has 0 bridgehead atoms. The SMILES string of the molecule is CCc1ncc(C(=O)N2CCCC2C(=O)N(CC)CC)s1. The molecule has 1 atom stereocenters. The first-order chi connectivity index (χ1) is 10.1. The molecule has 1 aliphatic heterocycles. The van der Waals surface area contributed by atoms with Crippen LogP contribution in [-0.2, 0) is 11.2 Å².